The van der Waals surface area contributed by atoms with Crippen LogP contribution in [0.15, 0.2) is 54.6 Å². The van der Waals surface area contributed by atoms with Crippen molar-refractivity contribution >= 4 is 5.84 Å². The van der Waals surface area contributed by atoms with Gasteiger partial charge in [-0.15, -0.1) is 0 Å². The van der Waals surface area contributed by atoms with Gasteiger partial charge in [0.2, 0.25) is 0 Å². The van der Waals surface area contributed by atoms with E-state index in [1.807, 2.05) is 18.2 Å². The second kappa shape index (κ2) is 8.11. The van der Waals surface area contributed by atoms with Crippen LogP contribution >= 0.6 is 0 Å². The fourth-order valence-electron chi connectivity index (χ4n) is 3.54. The lowest BCUT2D eigenvalue weighted by Gasteiger charge is -2.32. The number of nitrogens with zero attached hydrogens (tertiary/aromatic N) is 1. The van der Waals surface area contributed by atoms with Gasteiger partial charge in [0.15, 0.2) is 0 Å². The van der Waals surface area contributed by atoms with E-state index in [1.165, 1.54) is 43.5 Å². The summed E-state index contributed by atoms with van der Waals surface area (Å²) in [5.41, 5.74) is 9.14. The molecule has 1 heterocycles. The molecule has 0 radical (unpaired) electrons. The molecule has 24 heavy (non-hydrogen) atoms. The molecule has 1 aliphatic rings. The molecule has 3 N–H and O–H groups in total. The molecule has 126 valence electrons. The maximum atomic E-state index is 7.54. The zero-order chi connectivity index (χ0) is 16.8. The lowest BCUT2D eigenvalue weighted by atomic mass is 9.90. The summed E-state index contributed by atoms with van der Waals surface area (Å²) in [7, 11) is 0. The first kappa shape index (κ1) is 16.7. The van der Waals surface area contributed by atoms with Crippen LogP contribution in [0.25, 0.3) is 0 Å². The Balaban J connectivity index is 1.44. The number of hydrogen-bond donors (Lipinski definition) is 2. The number of piperidine rings is 1. The average molecular weight is 321 g/mol. The lowest BCUT2D eigenvalue weighted by Crippen LogP contribution is -2.35. The molecule has 0 atom stereocenters. The number of likely N-dealkylation sites (tertiary alicyclic amines) is 1. The Hall–Kier alpha value is -2.13. The van der Waals surface area contributed by atoms with Crippen LogP contribution in [0.2, 0.25) is 0 Å². The van der Waals surface area contributed by atoms with Gasteiger partial charge >= 0.3 is 0 Å². The van der Waals surface area contributed by atoms with E-state index in [2.05, 4.69) is 41.3 Å². The Labute approximate surface area is 145 Å². The van der Waals surface area contributed by atoms with Crippen molar-refractivity contribution in [2.45, 2.75) is 25.7 Å². The van der Waals surface area contributed by atoms with Crippen LogP contribution in [-0.2, 0) is 12.8 Å². The molecule has 1 aliphatic heterocycles. The van der Waals surface area contributed by atoms with Gasteiger partial charge in [0.25, 0.3) is 0 Å². The van der Waals surface area contributed by atoms with Crippen molar-refractivity contribution in [1.29, 1.82) is 5.41 Å². The fourth-order valence-corrected chi connectivity index (χ4v) is 3.54. The summed E-state index contributed by atoms with van der Waals surface area (Å²) >= 11 is 0. The summed E-state index contributed by atoms with van der Waals surface area (Å²) in [6.07, 6.45) is 4.84. The number of amidine groups is 1. The van der Waals surface area contributed by atoms with E-state index >= 15 is 0 Å². The topological polar surface area (TPSA) is 53.1 Å². The van der Waals surface area contributed by atoms with Gasteiger partial charge in [-0.05, 0) is 61.9 Å². The first-order chi connectivity index (χ1) is 11.7. The summed E-state index contributed by atoms with van der Waals surface area (Å²) in [5.74, 6) is 0.975. The Morgan fingerprint density at radius 1 is 1.00 bits per heavy atom. The summed E-state index contributed by atoms with van der Waals surface area (Å²) in [6.45, 7) is 3.49. The van der Waals surface area contributed by atoms with Crippen LogP contribution in [0, 0.1) is 11.3 Å². The van der Waals surface area contributed by atoms with E-state index in [9.17, 15) is 0 Å². The monoisotopic (exact) mass is 321 g/mol. The van der Waals surface area contributed by atoms with Crippen molar-refractivity contribution in [3.63, 3.8) is 0 Å². The number of nitrogens with one attached hydrogen (secondary N) is 1. The zero-order valence-corrected chi connectivity index (χ0v) is 14.2. The van der Waals surface area contributed by atoms with Gasteiger partial charge in [0.05, 0.1) is 0 Å². The minimum Gasteiger partial charge on any atom is -0.384 e. The molecule has 0 spiro atoms. The van der Waals surface area contributed by atoms with Crippen LogP contribution in [-0.4, -0.2) is 30.4 Å². The van der Waals surface area contributed by atoms with E-state index < -0.39 is 0 Å². The Kier molecular flexibility index (Phi) is 5.65. The molecule has 0 unspecified atom stereocenters. The molecular weight excluding hydrogens is 294 g/mol. The summed E-state index contributed by atoms with van der Waals surface area (Å²) < 4.78 is 0. The minimum absolute atomic E-state index is 0.151. The van der Waals surface area contributed by atoms with E-state index in [4.69, 9.17) is 11.1 Å². The highest BCUT2D eigenvalue weighted by Crippen LogP contribution is 2.21. The van der Waals surface area contributed by atoms with Crippen molar-refractivity contribution in [2.24, 2.45) is 11.7 Å². The van der Waals surface area contributed by atoms with Crippen molar-refractivity contribution in [3.05, 3.63) is 71.3 Å². The second-order valence-electron chi connectivity index (χ2n) is 6.84. The van der Waals surface area contributed by atoms with Gasteiger partial charge in [-0.3, -0.25) is 5.41 Å². The third kappa shape index (κ3) is 4.68. The molecular formula is C21H27N3. The third-order valence-electron chi connectivity index (χ3n) is 5.03. The van der Waals surface area contributed by atoms with Crippen molar-refractivity contribution < 1.29 is 0 Å². The van der Waals surface area contributed by atoms with Crippen LogP contribution in [0.5, 0.6) is 0 Å². The highest BCUT2D eigenvalue weighted by atomic mass is 15.1. The summed E-state index contributed by atoms with van der Waals surface area (Å²) in [5, 5.41) is 7.54. The van der Waals surface area contributed by atoms with Crippen LogP contribution in [0.4, 0.5) is 0 Å². The quantitative estimate of drug-likeness (QED) is 0.632. The molecule has 3 rings (SSSR count). The summed E-state index contributed by atoms with van der Waals surface area (Å²) in [6, 6.07) is 18.9. The molecule has 0 saturated carbocycles. The van der Waals surface area contributed by atoms with E-state index in [0.717, 1.165) is 24.4 Å². The highest BCUT2D eigenvalue weighted by molar-refractivity contribution is 5.95. The fraction of sp³-hybridized carbons (Fsp3) is 0.381. The Bertz CT molecular complexity index is 658. The molecule has 3 heteroatoms. The van der Waals surface area contributed by atoms with Crippen LogP contribution in [0.3, 0.4) is 0 Å². The maximum Gasteiger partial charge on any atom is 0.122 e. The smallest absolute Gasteiger partial charge is 0.122 e. The van der Waals surface area contributed by atoms with Gasteiger partial charge in [-0.1, -0.05) is 48.5 Å². The molecule has 2 aromatic carbocycles. The number of nitrogen functional groups attached to an aromatic ring is 1. The number of hydrogen-bond acceptors (Lipinski definition) is 2. The zero-order valence-electron chi connectivity index (χ0n) is 14.2. The van der Waals surface area contributed by atoms with E-state index in [-0.39, 0.29) is 5.84 Å². The lowest BCUT2D eigenvalue weighted by molar-refractivity contribution is 0.186. The van der Waals surface area contributed by atoms with Gasteiger partial charge in [-0.25, -0.2) is 0 Å². The second-order valence-corrected chi connectivity index (χ2v) is 6.84. The first-order valence-electron chi connectivity index (χ1n) is 8.90. The Morgan fingerprint density at radius 3 is 2.42 bits per heavy atom. The van der Waals surface area contributed by atoms with Gasteiger partial charge < -0.3 is 10.6 Å². The van der Waals surface area contributed by atoms with Crippen molar-refractivity contribution in [3.8, 4) is 0 Å². The first-order valence-corrected chi connectivity index (χ1v) is 8.90. The molecule has 0 amide bonds. The third-order valence-corrected chi connectivity index (χ3v) is 5.03. The highest BCUT2D eigenvalue weighted by Gasteiger charge is 2.19. The van der Waals surface area contributed by atoms with Crippen molar-refractivity contribution in [1.82, 2.24) is 4.90 Å². The van der Waals surface area contributed by atoms with Gasteiger partial charge in [-0.2, -0.15) is 0 Å². The minimum atomic E-state index is 0.151. The maximum absolute atomic E-state index is 7.54. The summed E-state index contributed by atoms with van der Waals surface area (Å²) in [4.78, 5) is 2.57. The van der Waals surface area contributed by atoms with Gasteiger partial charge in [0, 0.05) is 12.1 Å². The molecule has 0 aromatic heterocycles. The van der Waals surface area contributed by atoms with Crippen molar-refractivity contribution in [2.75, 3.05) is 19.6 Å². The van der Waals surface area contributed by atoms with Gasteiger partial charge in [0.1, 0.15) is 5.84 Å². The molecule has 2 aromatic rings. The van der Waals surface area contributed by atoms with E-state index in [1.54, 1.807) is 0 Å². The normalized spacial score (nSPS) is 16.2. The Morgan fingerprint density at radius 2 is 1.71 bits per heavy atom. The SMILES string of the molecule is N=C(N)c1cccc(CCN2CCC(Cc3ccccc3)CC2)c1. The molecule has 3 nitrogen and oxygen atoms in total. The largest absolute Gasteiger partial charge is 0.384 e. The number of nitrogens with two attached hydrogens (primary N) is 1. The standard InChI is InChI=1S/C21H27N3/c22-21(23)20-8-4-7-18(16-20)9-12-24-13-10-19(11-14-24)15-17-5-2-1-3-6-17/h1-8,16,19H,9-15H2,(H3,22,23). The molecule has 0 aliphatic carbocycles. The number of benzene rings is 2. The molecule has 1 fully saturated rings. The predicted octanol–water partition coefficient (Wildman–Crippen LogP) is 3.47. The molecule has 0 bridgehead atoms. The predicted molar refractivity (Wildman–Crippen MR) is 100 cm³/mol. The van der Waals surface area contributed by atoms with Crippen LogP contribution in [0.1, 0.15) is 29.5 Å². The number of rotatable bonds is 6. The van der Waals surface area contributed by atoms with Crippen LogP contribution < -0.4 is 5.73 Å². The average Bonchev–Trinajstić information content (AvgIpc) is 2.62. The van der Waals surface area contributed by atoms with E-state index in [0.29, 0.717) is 0 Å². The molecule has 1 saturated heterocycles.